The molecule has 162 valence electrons. The van der Waals surface area contributed by atoms with Crippen molar-refractivity contribution >= 4 is 23.2 Å². The molecule has 0 radical (unpaired) electrons. The number of hydrogen-bond acceptors (Lipinski definition) is 6. The minimum absolute atomic E-state index is 0.301. The molecular weight excluding hydrogens is 408 g/mol. The Labute approximate surface area is 185 Å². The molecule has 1 unspecified atom stereocenters. The van der Waals surface area contributed by atoms with E-state index in [4.69, 9.17) is 9.57 Å². The molecule has 2 N–H and O–H groups in total. The fourth-order valence-electron chi connectivity index (χ4n) is 3.27. The average molecular weight is 430 g/mol. The summed E-state index contributed by atoms with van der Waals surface area (Å²) < 4.78 is 5.23. The molecule has 0 aliphatic carbocycles. The molecule has 2 amide bonds. The Morgan fingerprint density at radius 3 is 2.81 bits per heavy atom. The predicted octanol–water partition coefficient (Wildman–Crippen LogP) is 3.15. The summed E-state index contributed by atoms with van der Waals surface area (Å²) in [5, 5.41) is 9.69. The number of amides is 2. The van der Waals surface area contributed by atoms with Crippen LogP contribution in [0.25, 0.3) is 0 Å². The smallest absolute Gasteiger partial charge is 0.268 e. The highest BCUT2D eigenvalue weighted by atomic mass is 16.6. The van der Waals surface area contributed by atoms with Gasteiger partial charge in [0.2, 0.25) is 6.10 Å². The maximum atomic E-state index is 12.8. The maximum absolute atomic E-state index is 12.8. The van der Waals surface area contributed by atoms with E-state index in [0.717, 1.165) is 11.1 Å². The number of nitrogens with one attached hydrogen (secondary N) is 2. The number of nitrogens with zero attached hydrogens (tertiary/aromatic N) is 2. The quantitative estimate of drug-likeness (QED) is 0.600. The molecule has 1 aliphatic rings. The third-order valence-electron chi connectivity index (χ3n) is 4.97. The summed E-state index contributed by atoms with van der Waals surface area (Å²) in [7, 11) is 1.59. The van der Waals surface area contributed by atoms with Gasteiger partial charge in [-0.25, -0.2) is 0 Å². The topological polar surface area (TPSA) is 102 Å². The Morgan fingerprint density at radius 2 is 2.00 bits per heavy atom. The Kier molecular flexibility index (Phi) is 6.41. The summed E-state index contributed by atoms with van der Waals surface area (Å²) in [5.74, 6) is 0.0221. The summed E-state index contributed by atoms with van der Waals surface area (Å²) >= 11 is 0. The fraction of sp³-hybridized carbons (Fsp3) is 0.167. The van der Waals surface area contributed by atoms with Crippen molar-refractivity contribution < 1.29 is 19.2 Å². The zero-order valence-corrected chi connectivity index (χ0v) is 17.4. The summed E-state index contributed by atoms with van der Waals surface area (Å²) in [6.45, 7) is 0.332. The van der Waals surface area contributed by atoms with Crippen LogP contribution in [0.4, 0.5) is 5.69 Å². The number of benzene rings is 2. The minimum atomic E-state index is -0.789. The van der Waals surface area contributed by atoms with Crippen molar-refractivity contribution in [3.8, 4) is 5.75 Å². The molecule has 2 aromatic carbocycles. The molecule has 4 rings (SSSR count). The molecule has 0 fully saturated rings. The normalized spacial score (nSPS) is 14.8. The number of aromatic nitrogens is 1. The fourth-order valence-corrected chi connectivity index (χ4v) is 3.27. The molecule has 8 nitrogen and oxygen atoms in total. The largest absolute Gasteiger partial charge is 0.497 e. The molecular formula is C24H22N4O4. The average Bonchev–Trinajstić information content (AvgIpc) is 3.34. The summed E-state index contributed by atoms with van der Waals surface area (Å²) in [4.78, 5) is 34.9. The van der Waals surface area contributed by atoms with Crippen LogP contribution in [0.1, 0.15) is 27.9 Å². The van der Waals surface area contributed by atoms with Crippen molar-refractivity contribution in [3.63, 3.8) is 0 Å². The molecule has 8 heteroatoms. The molecule has 0 bridgehead atoms. The van der Waals surface area contributed by atoms with E-state index in [0.29, 0.717) is 35.7 Å². The molecule has 1 aromatic heterocycles. The van der Waals surface area contributed by atoms with E-state index in [1.807, 2.05) is 30.3 Å². The van der Waals surface area contributed by atoms with Crippen LogP contribution in [0.15, 0.2) is 78.2 Å². The zero-order chi connectivity index (χ0) is 22.3. The van der Waals surface area contributed by atoms with Gasteiger partial charge in [-0.1, -0.05) is 35.5 Å². The predicted molar refractivity (Wildman–Crippen MR) is 119 cm³/mol. The number of hydrogen-bond donors (Lipinski definition) is 2. The van der Waals surface area contributed by atoms with E-state index in [9.17, 15) is 9.59 Å². The van der Waals surface area contributed by atoms with Crippen LogP contribution < -0.4 is 15.4 Å². The molecule has 0 saturated carbocycles. The molecule has 3 aromatic rings. The van der Waals surface area contributed by atoms with Crippen LogP contribution in [0.3, 0.4) is 0 Å². The highest BCUT2D eigenvalue weighted by Crippen LogP contribution is 2.22. The molecule has 0 spiro atoms. The first kappa shape index (κ1) is 21.0. The number of para-hydroxylation sites is 1. The summed E-state index contributed by atoms with van der Waals surface area (Å²) in [6.07, 6.45) is 2.88. The van der Waals surface area contributed by atoms with Gasteiger partial charge in [0.25, 0.3) is 11.8 Å². The Morgan fingerprint density at radius 1 is 1.12 bits per heavy atom. The number of carbonyl (C=O) groups excluding carboxylic acids is 2. The van der Waals surface area contributed by atoms with Crippen LogP contribution in [0, 0.1) is 0 Å². The van der Waals surface area contributed by atoms with E-state index in [1.54, 1.807) is 49.8 Å². The zero-order valence-electron chi connectivity index (χ0n) is 17.4. The maximum Gasteiger partial charge on any atom is 0.268 e. The number of rotatable bonds is 7. The number of oxime groups is 1. The Balaban J connectivity index is 1.39. The van der Waals surface area contributed by atoms with Gasteiger partial charge in [-0.2, -0.15) is 0 Å². The third kappa shape index (κ3) is 4.92. The van der Waals surface area contributed by atoms with E-state index < -0.39 is 6.10 Å². The van der Waals surface area contributed by atoms with Gasteiger partial charge in [0.1, 0.15) is 5.75 Å². The second-order valence-electron chi connectivity index (χ2n) is 7.15. The SMILES string of the molecule is COc1cccc(C2=NOC(C(=O)Nc3ccccc3C(=O)NCc3cccnc3)C2)c1. The number of ether oxygens (including phenoxy) is 1. The van der Waals surface area contributed by atoms with E-state index in [1.165, 1.54) is 0 Å². The van der Waals surface area contributed by atoms with Gasteiger partial charge in [0.05, 0.1) is 24.1 Å². The van der Waals surface area contributed by atoms with Gasteiger partial charge < -0.3 is 20.2 Å². The van der Waals surface area contributed by atoms with Crippen molar-refractivity contribution in [2.45, 2.75) is 19.1 Å². The van der Waals surface area contributed by atoms with Gasteiger partial charge in [-0.05, 0) is 35.9 Å². The number of pyridine rings is 1. The van der Waals surface area contributed by atoms with Crippen LogP contribution in [-0.4, -0.2) is 35.7 Å². The van der Waals surface area contributed by atoms with Crippen molar-refractivity contribution in [1.82, 2.24) is 10.3 Å². The summed E-state index contributed by atoms with van der Waals surface area (Å²) in [6, 6.07) is 17.9. The van der Waals surface area contributed by atoms with Crippen molar-refractivity contribution in [2.24, 2.45) is 5.16 Å². The van der Waals surface area contributed by atoms with E-state index in [-0.39, 0.29) is 11.8 Å². The first-order chi connectivity index (χ1) is 15.6. The third-order valence-corrected chi connectivity index (χ3v) is 4.97. The number of carbonyl (C=O) groups is 2. The van der Waals surface area contributed by atoms with Crippen molar-refractivity contribution in [1.29, 1.82) is 0 Å². The molecule has 0 saturated heterocycles. The van der Waals surface area contributed by atoms with Gasteiger partial charge in [0, 0.05) is 30.9 Å². The lowest BCUT2D eigenvalue weighted by Crippen LogP contribution is -2.30. The lowest BCUT2D eigenvalue weighted by atomic mass is 10.0. The molecule has 2 heterocycles. The van der Waals surface area contributed by atoms with Crippen LogP contribution >= 0.6 is 0 Å². The Hall–Kier alpha value is -4.20. The van der Waals surface area contributed by atoms with Crippen molar-refractivity contribution in [2.75, 3.05) is 12.4 Å². The first-order valence-corrected chi connectivity index (χ1v) is 10.1. The second kappa shape index (κ2) is 9.74. The summed E-state index contributed by atoms with van der Waals surface area (Å²) in [5.41, 5.74) is 3.13. The number of anilines is 1. The van der Waals surface area contributed by atoms with Crippen LogP contribution in [0.2, 0.25) is 0 Å². The van der Waals surface area contributed by atoms with Gasteiger partial charge in [0.15, 0.2) is 0 Å². The highest BCUT2D eigenvalue weighted by Gasteiger charge is 2.29. The van der Waals surface area contributed by atoms with Gasteiger partial charge >= 0.3 is 0 Å². The van der Waals surface area contributed by atoms with E-state index in [2.05, 4.69) is 20.8 Å². The molecule has 1 atom stereocenters. The first-order valence-electron chi connectivity index (χ1n) is 10.1. The highest BCUT2D eigenvalue weighted by molar-refractivity contribution is 6.08. The van der Waals surface area contributed by atoms with Gasteiger partial charge in [-0.3, -0.25) is 14.6 Å². The standard InChI is InChI=1S/C24H22N4O4/c1-31-18-8-4-7-17(12-18)21-13-22(32-28-21)24(30)27-20-10-3-2-9-19(20)23(29)26-15-16-6-5-11-25-14-16/h2-12,14,22H,13,15H2,1H3,(H,26,29)(H,27,30). The lowest BCUT2D eigenvalue weighted by molar-refractivity contribution is -0.125. The lowest BCUT2D eigenvalue weighted by Gasteiger charge is -2.13. The van der Waals surface area contributed by atoms with Gasteiger partial charge in [-0.15, -0.1) is 0 Å². The second-order valence-corrected chi connectivity index (χ2v) is 7.15. The Bertz CT molecular complexity index is 1150. The number of methoxy groups -OCH3 is 1. The molecule has 1 aliphatic heterocycles. The van der Waals surface area contributed by atoms with E-state index >= 15 is 0 Å². The minimum Gasteiger partial charge on any atom is -0.497 e. The molecule has 32 heavy (non-hydrogen) atoms. The van der Waals surface area contributed by atoms with Crippen LogP contribution in [0.5, 0.6) is 5.75 Å². The van der Waals surface area contributed by atoms with Crippen molar-refractivity contribution in [3.05, 3.63) is 89.7 Å². The van der Waals surface area contributed by atoms with Crippen LogP contribution in [-0.2, 0) is 16.2 Å². The monoisotopic (exact) mass is 430 g/mol.